The number of piperazine rings is 1. The van der Waals surface area contributed by atoms with Crippen LogP contribution in [0.1, 0.15) is 12.8 Å². The van der Waals surface area contributed by atoms with Crippen LogP contribution in [-0.2, 0) is 9.59 Å². The maximum Gasteiger partial charge on any atom is 0.318 e. The standard InChI is InChI=1S/C13H22N4O4/c1-15-4-2-10(12(15)20)14-13(21)17-8-6-16(7-9-17)5-3-11(18)19/h10H,2-9H2,1H3,(H,14,21)(H,18,19). The lowest BCUT2D eigenvalue weighted by Crippen LogP contribution is -2.54. The van der Waals surface area contributed by atoms with E-state index >= 15 is 0 Å². The first kappa shape index (κ1) is 15.6. The number of aliphatic carboxylic acids is 1. The van der Waals surface area contributed by atoms with Crippen LogP contribution in [0, 0.1) is 0 Å². The summed E-state index contributed by atoms with van der Waals surface area (Å²) in [5.41, 5.74) is 0. The van der Waals surface area contributed by atoms with E-state index in [9.17, 15) is 14.4 Å². The van der Waals surface area contributed by atoms with Crippen LogP contribution in [-0.4, -0.2) is 90.1 Å². The molecule has 2 rings (SSSR count). The summed E-state index contributed by atoms with van der Waals surface area (Å²) >= 11 is 0. The van der Waals surface area contributed by atoms with Crippen LogP contribution < -0.4 is 5.32 Å². The molecule has 21 heavy (non-hydrogen) atoms. The van der Waals surface area contributed by atoms with Gasteiger partial charge >= 0.3 is 12.0 Å². The van der Waals surface area contributed by atoms with Gasteiger partial charge in [-0.3, -0.25) is 14.5 Å². The van der Waals surface area contributed by atoms with E-state index in [1.807, 2.05) is 4.90 Å². The number of likely N-dealkylation sites (N-methyl/N-ethyl adjacent to an activating group) is 1. The fraction of sp³-hybridized carbons (Fsp3) is 0.769. The Balaban J connectivity index is 1.73. The van der Waals surface area contributed by atoms with Gasteiger partial charge in [-0.1, -0.05) is 0 Å². The van der Waals surface area contributed by atoms with Crippen LogP contribution in [0.25, 0.3) is 0 Å². The first-order valence-electron chi connectivity index (χ1n) is 7.22. The molecule has 8 heteroatoms. The smallest absolute Gasteiger partial charge is 0.318 e. The second kappa shape index (κ2) is 6.75. The van der Waals surface area contributed by atoms with Gasteiger partial charge in [-0.25, -0.2) is 4.79 Å². The number of carbonyl (C=O) groups is 3. The molecule has 2 aliphatic heterocycles. The van der Waals surface area contributed by atoms with Gasteiger partial charge in [0.2, 0.25) is 5.91 Å². The van der Waals surface area contributed by atoms with Crippen LogP contribution in [0.2, 0.25) is 0 Å². The molecule has 3 amide bonds. The predicted octanol–water partition coefficient (Wildman–Crippen LogP) is -0.981. The molecule has 0 aliphatic carbocycles. The Kier molecular flexibility index (Phi) is 5.00. The molecule has 118 valence electrons. The summed E-state index contributed by atoms with van der Waals surface area (Å²) in [5, 5.41) is 11.4. The Morgan fingerprint density at radius 2 is 1.90 bits per heavy atom. The number of hydrogen-bond donors (Lipinski definition) is 2. The molecule has 2 fully saturated rings. The number of likely N-dealkylation sites (tertiary alicyclic amines) is 1. The average Bonchev–Trinajstić information content (AvgIpc) is 2.77. The molecule has 0 radical (unpaired) electrons. The van der Waals surface area contributed by atoms with Crippen molar-refractivity contribution in [2.24, 2.45) is 0 Å². The monoisotopic (exact) mass is 298 g/mol. The van der Waals surface area contributed by atoms with E-state index in [1.54, 1.807) is 16.8 Å². The second-order valence-corrected chi connectivity index (χ2v) is 5.52. The summed E-state index contributed by atoms with van der Waals surface area (Å²) in [4.78, 5) is 39.7. The molecule has 0 spiro atoms. The van der Waals surface area contributed by atoms with Crippen LogP contribution >= 0.6 is 0 Å². The predicted molar refractivity (Wildman–Crippen MR) is 74.8 cm³/mol. The molecule has 1 atom stereocenters. The van der Waals surface area contributed by atoms with E-state index in [4.69, 9.17) is 5.11 Å². The summed E-state index contributed by atoms with van der Waals surface area (Å²) in [6.45, 7) is 3.63. The summed E-state index contributed by atoms with van der Waals surface area (Å²) in [6, 6.07) is -0.617. The number of carboxylic acids is 1. The second-order valence-electron chi connectivity index (χ2n) is 5.52. The first-order valence-corrected chi connectivity index (χ1v) is 7.22. The maximum absolute atomic E-state index is 12.1. The van der Waals surface area contributed by atoms with Crippen molar-refractivity contribution < 1.29 is 19.5 Å². The molecule has 0 saturated carbocycles. The number of carbonyl (C=O) groups excluding carboxylic acids is 2. The molecule has 0 aromatic rings. The van der Waals surface area contributed by atoms with Crippen molar-refractivity contribution in [3.05, 3.63) is 0 Å². The Hall–Kier alpha value is -1.83. The van der Waals surface area contributed by atoms with Crippen molar-refractivity contribution in [1.29, 1.82) is 0 Å². The Labute approximate surface area is 123 Å². The highest BCUT2D eigenvalue weighted by Gasteiger charge is 2.32. The van der Waals surface area contributed by atoms with Gasteiger partial charge in [-0.2, -0.15) is 0 Å². The number of hydrogen-bond acceptors (Lipinski definition) is 4. The van der Waals surface area contributed by atoms with Gasteiger partial charge in [-0.15, -0.1) is 0 Å². The van der Waals surface area contributed by atoms with E-state index in [1.165, 1.54) is 0 Å². The van der Waals surface area contributed by atoms with Gasteiger partial charge in [0.05, 0.1) is 6.42 Å². The third-order valence-corrected chi connectivity index (χ3v) is 4.03. The highest BCUT2D eigenvalue weighted by atomic mass is 16.4. The van der Waals surface area contributed by atoms with Gasteiger partial charge in [-0.05, 0) is 6.42 Å². The molecule has 2 heterocycles. The summed E-state index contributed by atoms with van der Waals surface area (Å²) in [5.74, 6) is -0.845. The lowest BCUT2D eigenvalue weighted by atomic mass is 10.2. The van der Waals surface area contributed by atoms with Gasteiger partial charge in [0.15, 0.2) is 0 Å². The van der Waals surface area contributed by atoms with E-state index < -0.39 is 12.0 Å². The van der Waals surface area contributed by atoms with E-state index in [0.29, 0.717) is 45.7 Å². The molecule has 2 saturated heterocycles. The van der Waals surface area contributed by atoms with Crippen molar-refractivity contribution in [1.82, 2.24) is 20.0 Å². The van der Waals surface area contributed by atoms with Gasteiger partial charge in [0.25, 0.3) is 0 Å². The van der Waals surface area contributed by atoms with Crippen LogP contribution in [0.5, 0.6) is 0 Å². The number of urea groups is 1. The zero-order valence-corrected chi connectivity index (χ0v) is 12.2. The highest BCUT2D eigenvalue weighted by Crippen LogP contribution is 2.10. The molecule has 1 unspecified atom stereocenters. The van der Waals surface area contributed by atoms with Crippen LogP contribution in [0.4, 0.5) is 4.79 Å². The molecular weight excluding hydrogens is 276 g/mol. The topological polar surface area (TPSA) is 93.2 Å². The lowest BCUT2D eigenvalue weighted by Gasteiger charge is -2.34. The van der Waals surface area contributed by atoms with E-state index in [2.05, 4.69) is 5.32 Å². The zero-order valence-electron chi connectivity index (χ0n) is 12.2. The molecular formula is C13H22N4O4. The number of carboxylic acid groups (broad SMARTS) is 1. The van der Waals surface area contributed by atoms with Crippen molar-refractivity contribution >= 4 is 17.9 Å². The summed E-state index contributed by atoms with van der Waals surface area (Å²) in [7, 11) is 1.73. The van der Waals surface area contributed by atoms with Crippen molar-refractivity contribution in [2.45, 2.75) is 18.9 Å². The lowest BCUT2D eigenvalue weighted by molar-refractivity contribution is -0.137. The SMILES string of the molecule is CN1CCC(NC(=O)N2CCN(CCC(=O)O)CC2)C1=O. The summed E-state index contributed by atoms with van der Waals surface area (Å²) in [6.07, 6.45) is 0.773. The zero-order chi connectivity index (χ0) is 15.4. The van der Waals surface area contributed by atoms with Gasteiger partial charge in [0, 0.05) is 46.3 Å². The van der Waals surface area contributed by atoms with E-state index in [0.717, 1.165) is 0 Å². The van der Waals surface area contributed by atoms with Crippen molar-refractivity contribution in [3.8, 4) is 0 Å². The van der Waals surface area contributed by atoms with Gasteiger partial charge in [0.1, 0.15) is 6.04 Å². The van der Waals surface area contributed by atoms with Crippen LogP contribution in [0.15, 0.2) is 0 Å². The van der Waals surface area contributed by atoms with Gasteiger partial charge < -0.3 is 20.2 Å². The Morgan fingerprint density at radius 3 is 2.43 bits per heavy atom. The number of nitrogens with zero attached hydrogens (tertiary/aromatic N) is 3. The Morgan fingerprint density at radius 1 is 1.24 bits per heavy atom. The molecule has 0 bridgehead atoms. The normalized spacial score (nSPS) is 23.5. The van der Waals surface area contributed by atoms with Crippen molar-refractivity contribution in [3.63, 3.8) is 0 Å². The molecule has 8 nitrogen and oxygen atoms in total. The molecule has 2 N–H and O–H groups in total. The van der Waals surface area contributed by atoms with Crippen molar-refractivity contribution in [2.75, 3.05) is 46.3 Å². The number of rotatable bonds is 4. The Bertz CT molecular complexity index is 420. The number of nitrogens with one attached hydrogen (secondary N) is 1. The largest absolute Gasteiger partial charge is 0.481 e. The third kappa shape index (κ3) is 4.07. The maximum atomic E-state index is 12.1. The number of amides is 3. The average molecular weight is 298 g/mol. The van der Waals surface area contributed by atoms with Crippen LogP contribution in [0.3, 0.4) is 0 Å². The quantitative estimate of drug-likeness (QED) is 0.696. The molecule has 2 aliphatic rings. The minimum Gasteiger partial charge on any atom is -0.481 e. The fourth-order valence-electron chi connectivity index (χ4n) is 2.63. The minimum atomic E-state index is -0.806. The first-order chi connectivity index (χ1) is 9.97. The summed E-state index contributed by atoms with van der Waals surface area (Å²) < 4.78 is 0. The molecule has 0 aromatic carbocycles. The fourth-order valence-corrected chi connectivity index (χ4v) is 2.63. The highest BCUT2D eigenvalue weighted by molar-refractivity contribution is 5.88. The van der Waals surface area contributed by atoms with E-state index in [-0.39, 0.29) is 18.4 Å². The third-order valence-electron chi connectivity index (χ3n) is 4.03. The molecule has 0 aromatic heterocycles. The minimum absolute atomic E-state index is 0.0385.